The van der Waals surface area contributed by atoms with E-state index >= 15 is 0 Å². The molecule has 3 aromatic heterocycles. The number of hydrogen-bond acceptors (Lipinski definition) is 4. The molecule has 3 fully saturated rings. The minimum absolute atomic E-state index is 0.736. The summed E-state index contributed by atoms with van der Waals surface area (Å²) in [6, 6.07) is 8.45. The second kappa shape index (κ2) is 6.61. The summed E-state index contributed by atoms with van der Waals surface area (Å²) < 4.78 is 0. The summed E-state index contributed by atoms with van der Waals surface area (Å²) in [7, 11) is 0. The maximum Gasteiger partial charge on any atom is 0.162 e. The van der Waals surface area contributed by atoms with Gasteiger partial charge in [-0.1, -0.05) is 25.1 Å². The number of benzene rings is 1. The van der Waals surface area contributed by atoms with Crippen LogP contribution in [0.5, 0.6) is 0 Å². The Bertz CT molecular complexity index is 1190. The molecule has 2 atom stereocenters. The van der Waals surface area contributed by atoms with Gasteiger partial charge < -0.3 is 4.98 Å². The first kappa shape index (κ1) is 17.1. The Kier molecular flexibility index (Phi) is 3.89. The topological polar surface area (TPSA) is 67.3 Å². The van der Waals surface area contributed by atoms with Crippen molar-refractivity contribution < 1.29 is 0 Å². The Hall–Kier alpha value is -2.82. The van der Waals surface area contributed by atoms with E-state index in [-0.39, 0.29) is 0 Å². The molecule has 3 saturated carbocycles. The molecule has 3 aliphatic carbocycles. The Balaban J connectivity index is 1.47. The zero-order chi connectivity index (χ0) is 19.4. The summed E-state index contributed by atoms with van der Waals surface area (Å²) in [6.45, 7) is 2.47. The minimum atomic E-state index is 0.736. The van der Waals surface area contributed by atoms with E-state index in [9.17, 15) is 0 Å². The highest BCUT2D eigenvalue weighted by atomic mass is 14.9. The lowest BCUT2D eigenvalue weighted by Crippen LogP contribution is -2.39. The Morgan fingerprint density at radius 2 is 1.83 bits per heavy atom. The first-order valence-electron chi connectivity index (χ1n) is 10.8. The number of aromatic nitrogens is 5. The number of H-pyrrole nitrogens is 1. The molecule has 4 aromatic rings. The van der Waals surface area contributed by atoms with E-state index < -0.39 is 0 Å². The average molecular weight is 383 g/mol. The van der Waals surface area contributed by atoms with E-state index in [1.165, 1.54) is 36.8 Å². The van der Waals surface area contributed by atoms with Crippen molar-refractivity contribution in [2.75, 3.05) is 0 Å². The monoisotopic (exact) mass is 383 g/mol. The molecule has 146 valence electrons. The fourth-order valence-electron chi connectivity index (χ4n) is 5.92. The molecule has 0 saturated heterocycles. The lowest BCUT2D eigenvalue weighted by molar-refractivity contribution is 0.0341. The van der Waals surface area contributed by atoms with Gasteiger partial charge >= 0.3 is 0 Å². The molecule has 7 rings (SSSR count). The fraction of sp³-hybridized carbons (Fsp3) is 0.417. The molecule has 0 radical (unpaired) electrons. The predicted octanol–water partition coefficient (Wildman–Crippen LogP) is 5.18. The van der Waals surface area contributed by atoms with Crippen LogP contribution in [-0.2, 0) is 6.42 Å². The number of rotatable bonds is 3. The van der Waals surface area contributed by atoms with Gasteiger partial charge in [0.15, 0.2) is 5.82 Å². The molecular formula is C24H25N5. The molecular weight excluding hydrogens is 358 g/mol. The summed E-state index contributed by atoms with van der Waals surface area (Å²) in [4.78, 5) is 21.8. The molecule has 1 N–H and O–H groups in total. The van der Waals surface area contributed by atoms with Crippen molar-refractivity contribution in [3.63, 3.8) is 0 Å². The van der Waals surface area contributed by atoms with Crippen LogP contribution in [0.4, 0.5) is 0 Å². The van der Waals surface area contributed by atoms with Crippen molar-refractivity contribution in [1.29, 1.82) is 0 Å². The van der Waals surface area contributed by atoms with Crippen molar-refractivity contribution in [2.45, 2.75) is 39.0 Å². The quantitative estimate of drug-likeness (QED) is 0.529. The van der Waals surface area contributed by atoms with Crippen molar-refractivity contribution in [3.05, 3.63) is 48.7 Å². The third kappa shape index (κ3) is 2.75. The van der Waals surface area contributed by atoms with Crippen molar-refractivity contribution in [1.82, 2.24) is 24.9 Å². The maximum absolute atomic E-state index is 5.12. The SMILES string of the molecule is CC1C2CCC(CC2)C1Cc1nc(-c2c[nH]c3ncncc23)nc2ccccc12. The van der Waals surface area contributed by atoms with Gasteiger partial charge in [0.2, 0.25) is 0 Å². The van der Waals surface area contributed by atoms with E-state index in [0.29, 0.717) is 0 Å². The molecule has 5 nitrogen and oxygen atoms in total. The number of nitrogens with one attached hydrogen (secondary N) is 1. The molecule has 3 heterocycles. The largest absolute Gasteiger partial charge is 0.345 e. The Morgan fingerprint density at radius 3 is 2.69 bits per heavy atom. The highest BCUT2D eigenvalue weighted by Gasteiger charge is 2.41. The molecule has 3 aliphatic rings. The van der Waals surface area contributed by atoms with Crippen molar-refractivity contribution in [2.24, 2.45) is 23.7 Å². The van der Waals surface area contributed by atoms with E-state index in [2.05, 4.69) is 46.1 Å². The zero-order valence-electron chi connectivity index (χ0n) is 16.7. The summed E-state index contributed by atoms with van der Waals surface area (Å²) in [5.41, 5.74) is 4.02. The molecule has 0 spiro atoms. The van der Waals surface area contributed by atoms with Gasteiger partial charge in [0, 0.05) is 28.7 Å². The van der Waals surface area contributed by atoms with Gasteiger partial charge in [-0.05, 0) is 61.8 Å². The number of aromatic amines is 1. The highest BCUT2D eigenvalue weighted by Crippen LogP contribution is 2.50. The third-order valence-corrected chi connectivity index (χ3v) is 7.55. The number of fused-ring (bicyclic) bond motifs is 5. The zero-order valence-corrected chi connectivity index (χ0v) is 16.7. The molecule has 1 aromatic carbocycles. The second-order valence-corrected chi connectivity index (χ2v) is 8.90. The van der Waals surface area contributed by atoms with Crippen LogP contribution in [0.1, 0.15) is 38.3 Å². The lowest BCUT2D eigenvalue weighted by atomic mass is 9.58. The normalized spacial score (nSPS) is 26.4. The maximum atomic E-state index is 5.12. The molecule has 0 amide bonds. The highest BCUT2D eigenvalue weighted by molar-refractivity contribution is 5.92. The first-order chi connectivity index (χ1) is 14.3. The number of para-hydroxylation sites is 1. The van der Waals surface area contributed by atoms with Crippen LogP contribution < -0.4 is 0 Å². The van der Waals surface area contributed by atoms with Gasteiger partial charge in [-0.25, -0.2) is 19.9 Å². The molecule has 5 heteroatoms. The van der Waals surface area contributed by atoms with Crippen molar-refractivity contribution >= 4 is 21.9 Å². The number of hydrogen-bond donors (Lipinski definition) is 1. The van der Waals surface area contributed by atoms with Gasteiger partial charge in [0.1, 0.15) is 12.0 Å². The molecule has 29 heavy (non-hydrogen) atoms. The summed E-state index contributed by atoms with van der Waals surface area (Å²) in [6.07, 6.45) is 12.1. The Morgan fingerprint density at radius 1 is 1.00 bits per heavy atom. The van der Waals surface area contributed by atoms with Gasteiger partial charge in [0.05, 0.1) is 11.2 Å². The van der Waals surface area contributed by atoms with Gasteiger partial charge in [-0.3, -0.25) is 0 Å². The summed E-state index contributed by atoms with van der Waals surface area (Å²) in [5, 5.41) is 2.17. The standard InChI is InChI=1S/C24H25N5/c1-14-15-6-8-16(9-7-15)18(14)10-22-17-4-2-3-5-21(17)28-24(29-22)20-12-26-23-19(20)11-25-13-27-23/h2-5,11-16,18H,6-10H2,1H3,(H,25,26,27). The van der Waals surface area contributed by atoms with E-state index in [1.807, 2.05) is 12.4 Å². The van der Waals surface area contributed by atoms with E-state index in [1.54, 1.807) is 6.33 Å². The molecule has 0 aliphatic heterocycles. The van der Waals surface area contributed by atoms with E-state index in [0.717, 1.165) is 58.0 Å². The van der Waals surface area contributed by atoms with Gasteiger partial charge in [0.25, 0.3) is 0 Å². The minimum Gasteiger partial charge on any atom is -0.345 e. The molecule has 2 bridgehead atoms. The summed E-state index contributed by atoms with van der Waals surface area (Å²) >= 11 is 0. The smallest absolute Gasteiger partial charge is 0.162 e. The van der Waals surface area contributed by atoms with Crippen molar-refractivity contribution in [3.8, 4) is 11.4 Å². The predicted molar refractivity (Wildman–Crippen MR) is 114 cm³/mol. The van der Waals surface area contributed by atoms with Crippen LogP contribution in [0.2, 0.25) is 0 Å². The van der Waals surface area contributed by atoms with E-state index in [4.69, 9.17) is 9.97 Å². The van der Waals surface area contributed by atoms with Crippen LogP contribution >= 0.6 is 0 Å². The van der Waals surface area contributed by atoms with Crippen LogP contribution in [0.25, 0.3) is 33.3 Å². The number of nitrogens with zero attached hydrogens (tertiary/aromatic N) is 4. The lowest BCUT2D eigenvalue weighted by Gasteiger charge is -2.47. The third-order valence-electron chi connectivity index (χ3n) is 7.55. The molecule has 2 unspecified atom stereocenters. The average Bonchev–Trinajstić information content (AvgIpc) is 3.20. The van der Waals surface area contributed by atoms with Crippen LogP contribution in [-0.4, -0.2) is 24.9 Å². The Labute approximate surface area is 170 Å². The van der Waals surface area contributed by atoms with Crippen LogP contribution in [0, 0.1) is 23.7 Å². The van der Waals surface area contributed by atoms with Crippen LogP contribution in [0.3, 0.4) is 0 Å². The first-order valence-corrected chi connectivity index (χ1v) is 10.8. The van der Waals surface area contributed by atoms with Gasteiger partial charge in [-0.2, -0.15) is 0 Å². The van der Waals surface area contributed by atoms with Gasteiger partial charge in [-0.15, -0.1) is 0 Å². The second-order valence-electron chi connectivity index (χ2n) is 8.90. The fourth-order valence-corrected chi connectivity index (χ4v) is 5.92. The van der Waals surface area contributed by atoms with Crippen LogP contribution in [0.15, 0.2) is 43.0 Å². The summed E-state index contributed by atoms with van der Waals surface area (Å²) in [5.74, 6) is 4.06.